The lowest BCUT2D eigenvalue weighted by Crippen LogP contribution is -2.29. The predicted molar refractivity (Wildman–Crippen MR) is 97.2 cm³/mol. The standard InChI is InChI=1S/C18H22F2N2O2S/c1-5-11(2)13(4)22-16-12(3)14(17-21-8-9-25-17)6-7-15(16)24-18(19,20)10-23/h6-9,11,23H,5,10H2,1-4H3. The first-order valence-corrected chi connectivity index (χ1v) is 8.93. The van der Waals surface area contributed by atoms with Crippen molar-refractivity contribution in [2.24, 2.45) is 10.9 Å². The van der Waals surface area contributed by atoms with E-state index >= 15 is 0 Å². The highest BCUT2D eigenvalue weighted by Gasteiger charge is 2.32. The summed E-state index contributed by atoms with van der Waals surface area (Å²) in [5.74, 6) is 0.161. The molecule has 1 N–H and O–H groups in total. The molecular weight excluding hydrogens is 346 g/mol. The van der Waals surface area contributed by atoms with Crippen LogP contribution in [0.2, 0.25) is 0 Å². The molecule has 7 heteroatoms. The number of aromatic nitrogens is 1. The molecule has 0 radical (unpaired) electrons. The summed E-state index contributed by atoms with van der Waals surface area (Å²) in [5.41, 5.74) is 2.71. The maximum Gasteiger partial charge on any atom is 0.421 e. The van der Waals surface area contributed by atoms with Gasteiger partial charge in [-0.15, -0.1) is 11.3 Å². The first-order valence-electron chi connectivity index (χ1n) is 8.05. The first kappa shape index (κ1) is 19.5. The van der Waals surface area contributed by atoms with E-state index < -0.39 is 12.7 Å². The van der Waals surface area contributed by atoms with Crippen LogP contribution < -0.4 is 4.74 Å². The molecule has 1 atom stereocenters. The van der Waals surface area contributed by atoms with Crippen molar-refractivity contribution in [3.05, 3.63) is 29.3 Å². The predicted octanol–water partition coefficient (Wildman–Crippen LogP) is 5.22. The maximum atomic E-state index is 13.6. The van der Waals surface area contributed by atoms with Crippen LogP contribution in [0, 0.1) is 12.8 Å². The van der Waals surface area contributed by atoms with Gasteiger partial charge >= 0.3 is 6.11 Å². The second-order valence-electron chi connectivity index (χ2n) is 5.88. The summed E-state index contributed by atoms with van der Waals surface area (Å²) in [5, 5.41) is 11.5. The zero-order chi connectivity index (χ0) is 18.6. The molecular formula is C18H22F2N2O2S. The molecule has 0 amide bonds. The summed E-state index contributed by atoms with van der Waals surface area (Å²) in [6.07, 6.45) is -1.08. The number of halogens is 2. The van der Waals surface area contributed by atoms with E-state index in [0.717, 1.165) is 22.7 Å². The SMILES string of the molecule is CCC(C)C(C)=Nc1c(OC(F)(F)CO)ccc(-c2nccs2)c1C. The van der Waals surface area contributed by atoms with Crippen LogP contribution in [0.25, 0.3) is 10.6 Å². The van der Waals surface area contributed by atoms with Gasteiger partial charge in [0.1, 0.15) is 17.3 Å². The van der Waals surface area contributed by atoms with Crippen LogP contribution in [-0.2, 0) is 0 Å². The van der Waals surface area contributed by atoms with Gasteiger partial charge in [-0.25, -0.2) is 4.98 Å². The lowest BCUT2D eigenvalue weighted by atomic mass is 10.0. The van der Waals surface area contributed by atoms with E-state index in [0.29, 0.717) is 11.3 Å². The fourth-order valence-corrected chi connectivity index (χ4v) is 2.98. The fraction of sp³-hybridized carbons (Fsp3) is 0.444. The van der Waals surface area contributed by atoms with Crippen LogP contribution >= 0.6 is 11.3 Å². The van der Waals surface area contributed by atoms with Gasteiger partial charge < -0.3 is 9.84 Å². The van der Waals surface area contributed by atoms with Crippen LogP contribution in [0.1, 0.15) is 32.8 Å². The van der Waals surface area contributed by atoms with Gasteiger partial charge in [-0.1, -0.05) is 13.8 Å². The third-order valence-corrected chi connectivity index (χ3v) is 4.92. The smallest absolute Gasteiger partial charge is 0.421 e. The molecule has 25 heavy (non-hydrogen) atoms. The number of aliphatic imine (C=N–C) groups is 1. The van der Waals surface area contributed by atoms with Crippen molar-refractivity contribution < 1.29 is 18.6 Å². The lowest BCUT2D eigenvalue weighted by molar-refractivity contribution is -0.200. The maximum absolute atomic E-state index is 13.6. The van der Waals surface area contributed by atoms with Crippen LogP contribution in [0.15, 0.2) is 28.7 Å². The Hall–Kier alpha value is -1.86. The fourth-order valence-electron chi connectivity index (χ4n) is 2.26. The van der Waals surface area contributed by atoms with Gasteiger partial charge in [-0.05, 0) is 43.9 Å². The van der Waals surface area contributed by atoms with Gasteiger partial charge in [0, 0.05) is 22.9 Å². The number of thiazole rings is 1. The Morgan fingerprint density at radius 3 is 2.72 bits per heavy atom. The first-order chi connectivity index (χ1) is 11.8. The largest absolute Gasteiger partial charge is 0.429 e. The Morgan fingerprint density at radius 1 is 1.44 bits per heavy atom. The van der Waals surface area contributed by atoms with Crippen molar-refractivity contribution in [2.45, 2.75) is 40.2 Å². The molecule has 0 aliphatic heterocycles. The molecule has 0 spiro atoms. The van der Waals surface area contributed by atoms with Gasteiger partial charge in [0.25, 0.3) is 0 Å². The molecule has 1 unspecified atom stereocenters. The molecule has 0 saturated heterocycles. The Kier molecular flexibility index (Phi) is 6.24. The Balaban J connectivity index is 2.58. The number of aliphatic hydroxyl groups is 1. The molecule has 1 aromatic heterocycles. The van der Waals surface area contributed by atoms with E-state index in [1.807, 2.05) is 33.1 Å². The number of rotatable bonds is 7. The summed E-state index contributed by atoms with van der Waals surface area (Å²) in [6, 6.07) is 3.14. The summed E-state index contributed by atoms with van der Waals surface area (Å²) in [6.45, 7) is 6.36. The molecule has 2 aromatic rings. The van der Waals surface area contributed by atoms with E-state index in [-0.39, 0.29) is 11.7 Å². The topological polar surface area (TPSA) is 54.7 Å². The third-order valence-electron chi connectivity index (χ3n) is 4.11. The molecule has 0 bridgehead atoms. The van der Waals surface area contributed by atoms with Gasteiger partial charge in [0.15, 0.2) is 5.75 Å². The third kappa shape index (κ3) is 4.61. The van der Waals surface area contributed by atoms with E-state index in [9.17, 15) is 8.78 Å². The number of nitrogens with zero attached hydrogens (tertiary/aromatic N) is 2. The van der Waals surface area contributed by atoms with E-state index in [1.54, 1.807) is 12.3 Å². The summed E-state index contributed by atoms with van der Waals surface area (Å²) >= 11 is 1.46. The average molecular weight is 368 g/mol. The number of hydrogen-bond donors (Lipinski definition) is 1. The summed E-state index contributed by atoms with van der Waals surface area (Å²) < 4.78 is 31.9. The molecule has 0 aliphatic rings. The quantitative estimate of drug-likeness (QED) is 0.682. The summed E-state index contributed by atoms with van der Waals surface area (Å²) in [7, 11) is 0. The number of aliphatic hydroxyl groups excluding tert-OH is 1. The van der Waals surface area contributed by atoms with Gasteiger partial charge in [0.05, 0.1) is 0 Å². The van der Waals surface area contributed by atoms with Crippen molar-refractivity contribution in [1.29, 1.82) is 0 Å². The molecule has 0 saturated carbocycles. The van der Waals surface area contributed by atoms with Crippen molar-refractivity contribution in [2.75, 3.05) is 6.61 Å². The normalized spacial score (nSPS) is 13.8. The highest BCUT2D eigenvalue weighted by molar-refractivity contribution is 7.13. The second-order valence-corrected chi connectivity index (χ2v) is 6.78. The van der Waals surface area contributed by atoms with E-state index in [4.69, 9.17) is 9.84 Å². The van der Waals surface area contributed by atoms with Crippen molar-refractivity contribution in [3.8, 4) is 16.3 Å². The molecule has 1 aromatic carbocycles. The van der Waals surface area contributed by atoms with E-state index in [1.165, 1.54) is 17.4 Å². The van der Waals surface area contributed by atoms with Gasteiger partial charge in [-0.3, -0.25) is 4.99 Å². The lowest BCUT2D eigenvalue weighted by Gasteiger charge is -2.19. The van der Waals surface area contributed by atoms with Crippen LogP contribution in [0.4, 0.5) is 14.5 Å². The number of benzene rings is 1. The minimum absolute atomic E-state index is 0.0560. The highest BCUT2D eigenvalue weighted by Crippen LogP contribution is 2.40. The Labute approximate surface area is 150 Å². The number of hydrogen-bond acceptors (Lipinski definition) is 5. The molecule has 2 rings (SSSR count). The summed E-state index contributed by atoms with van der Waals surface area (Å²) in [4.78, 5) is 8.85. The minimum atomic E-state index is -3.66. The average Bonchev–Trinajstić information content (AvgIpc) is 3.11. The van der Waals surface area contributed by atoms with Crippen molar-refractivity contribution >= 4 is 22.7 Å². The van der Waals surface area contributed by atoms with Gasteiger partial charge in [-0.2, -0.15) is 8.78 Å². The van der Waals surface area contributed by atoms with Crippen LogP contribution in [0.5, 0.6) is 5.75 Å². The molecule has 1 heterocycles. The van der Waals surface area contributed by atoms with Gasteiger partial charge in [0.2, 0.25) is 0 Å². The Morgan fingerprint density at radius 2 is 2.16 bits per heavy atom. The molecule has 4 nitrogen and oxygen atoms in total. The molecule has 0 aliphatic carbocycles. The van der Waals surface area contributed by atoms with E-state index in [2.05, 4.69) is 9.98 Å². The zero-order valence-corrected chi connectivity index (χ0v) is 15.5. The minimum Gasteiger partial charge on any atom is -0.429 e. The van der Waals surface area contributed by atoms with Crippen LogP contribution in [0.3, 0.4) is 0 Å². The number of alkyl halides is 2. The van der Waals surface area contributed by atoms with Crippen molar-refractivity contribution in [1.82, 2.24) is 4.98 Å². The monoisotopic (exact) mass is 368 g/mol. The molecule has 136 valence electrons. The van der Waals surface area contributed by atoms with Crippen molar-refractivity contribution in [3.63, 3.8) is 0 Å². The van der Waals surface area contributed by atoms with Crippen LogP contribution in [-0.4, -0.2) is 28.5 Å². The highest BCUT2D eigenvalue weighted by atomic mass is 32.1. The number of ether oxygens (including phenoxy) is 1. The molecule has 0 fully saturated rings. The Bertz CT molecular complexity index is 746. The second kappa shape index (κ2) is 8.01. The zero-order valence-electron chi connectivity index (χ0n) is 14.7.